The van der Waals surface area contributed by atoms with Crippen molar-refractivity contribution < 1.29 is 4.79 Å². The summed E-state index contributed by atoms with van der Waals surface area (Å²) < 4.78 is 0. The van der Waals surface area contributed by atoms with Crippen LogP contribution in [0.1, 0.15) is 10.4 Å². The van der Waals surface area contributed by atoms with E-state index < -0.39 is 5.91 Å². The number of hydrogen-bond donors (Lipinski definition) is 3. The van der Waals surface area contributed by atoms with Crippen LogP contribution in [-0.2, 0) is 0 Å². The highest BCUT2D eigenvalue weighted by Gasteiger charge is 2.03. The molecule has 11 heavy (non-hydrogen) atoms. The van der Waals surface area contributed by atoms with Gasteiger partial charge in [-0.1, -0.05) is 12.1 Å². The first kappa shape index (κ1) is 7.56. The van der Waals surface area contributed by atoms with E-state index in [1.807, 2.05) is 0 Å². The number of amides is 1. The van der Waals surface area contributed by atoms with Crippen LogP contribution in [0.15, 0.2) is 24.3 Å². The van der Waals surface area contributed by atoms with Gasteiger partial charge in [0.15, 0.2) is 0 Å². The number of anilines is 1. The zero-order valence-corrected chi connectivity index (χ0v) is 5.87. The van der Waals surface area contributed by atoms with E-state index >= 15 is 0 Å². The molecule has 0 saturated heterocycles. The van der Waals surface area contributed by atoms with Crippen LogP contribution in [0.3, 0.4) is 0 Å². The fourth-order valence-corrected chi connectivity index (χ4v) is 0.824. The highest BCUT2D eigenvalue weighted by Crippen LogP contribution is 2.11. The Balaban J connectivity index is 3.12. The van der Waals surface area contributed by atoms with E-state index in [0.717, 1.165) is 0 Å². The van der Waals surface area contributed by atoms with Gasteiger partial charge in [-0.3, -0.25) is 10.6 Å². The van der Waals surface area contributed by atoms with Crippen molar-refractivity contribution in [3.63, 3.8) is 0 Å². The van der Waals surface area contributed by atoms with Crippen molar-refractivity contribution in [3.8, 4) is 0 Å². The van der Waals surface area contributed by atoms with Gasteiger partial charge in [0.2, 0.25) is 0 Å². The number of carbonyl (C=O) groups is 1. The van der Waals surface area contributed by atoms with Gasteiger partial charge in [0.05, 0.1) is 11.3 Å². The molecule has 0 aliphatic rings. The maximum atomic E-state index is 10.7. The number of nitrogen functional groups attached to an aromatic ring is 1. The molecule has 0 heterocycles. The summed E-state index contributed by atoms with van der Waals surface area (Å²) in [7, 11) is 0. The van der Waals surface area contributed by atoms with Gasteiger partial charge in [-0.05, 0) is 12.1 Å². The van der Waals surface area contributed by atoms with Crippen molar-refractivity contribution in [1.82, 2.24) is 0 Å². The molecule has 4 nitrogen and oxygen atoms in total. The van der Waals surface area contributed by atoms with Crippen molar-refractivity contribution in [2.45, 2.75) is 0 Å². The van der Waals surface area contributed by atoms with Crippen molar-refractivity contribution in [2.24, 2.45) is 11.6 Å². The average Bonchev–Trinajstić information content (AvgIpc) is 2.04. The maximum Gasteiger partial charge on any atom is 0.250 e. The van der Waals surface area contributed by atoms with Crippen LogP contribution < -0.4 is 17.0 Å². The highest BCUT2D eigenvalue weighted by molar-refractivity contribution is 5.98. The second kappa shape index (κ2) is 3.03. The van der Waals surface area contributed by atoms with Gasteiger partial charge in [-0.2, -0.15) is 0 Å². The molecule has 1 aromatic rings. The number of rotatable bonds is 2. The normalized spacial score (nSPS) is 9.18. The van der Waals surface area contributed by atoms with Crippen LogP contribution in [0.2, 0.25) is 0 Å². The molecule has 0 radical (unpaired) electrons. The Kier molecular flexibility index (Phi) is 2.08. The van der Waals surface area contributed by atoms with E-state index in [0.29, 0.717) is 11.3 Å². The van der Waals surface area contributed by atoms with Crippen LogP contribution >= 0.6 is 0 Å². The summed E-state index contributed by atoms with van der Waals surface area (Å²) in [6, 6.07) is 6.78. The number of hydrazine groups is 1. The summed E-state index contributed by atoms with van der Waals surface area (Å²) in [5.41, 5.74) is 8.37. The summed E-state index contributed by atoms with van der Waals surface area (Å²) in [4.78, 5) is 10.7. The Morgan fingerprint density at radius 2 is 2.00 bits per heavy atom. The van der Waals surface area contributed by atoms with Crippen LogP contribution in [0.25, 0.3) is 0 Å². The fourth-order valence-electron chi connectivity index (χ4n) is 0.824. The van der Waals surface area contributed by atoms with Crippen LogP contribution in [0, 0.1) is 0 Å². The smallest absolute Gasteiger partial charge is 0.250 e. The summed E-state index contributed by atoms with van der Waals surface area (Å²) >= 11 is 0. The first-order valence-electron chi connectivity index (χ1n) is 3.11. The minimum atomic E-state index is -0.487. The number of primary amides is 1. The molecule has 0 atom stereocenters. The molecule has 58 valence electrons. The minimum Gasteiger partial charge on any atom is -0.366 e. The van der Waals surface area contributed by atoms with Crippen molar-refractivity contribution in [2.75, 3.05) is 5.43 Å². The first-order chi connectivity index (χ1) is 5.25. The number of benzene rings is 1. The third-order valence-electron chi connectivity index (χ3n) is 1.35. The molecule has 0 fully saturated rings. The van der Waals surface area contributed by atoms with Crippen molar-refractivity contribution in [1.29, 1.82) is 0 Å². The lowest BCUT2D eigenvalue weighted by Crippen LogP contribution is -2.16. The zero-order chi connectivity index (χ0) is 8.27. The average molecular weight is 151 g/mol. The van der Waals surface area contributed by atoms with Gasteiger partial charge < -0.3 is 11.2 Å². The molecule has 1 rings (SSSR count). The van der Waals surface area contributed by atoms with Crippen molar-refractivity contribution >= 4 is 11.6 Å². The number of hydrogen-bond acceptors (Lipinski definition) is 3. The van der Waals surface area contributed by atoms with Gasteiger partial charge in [0, 0.05) is 0 Å². The minimum absolute atomic E-state index is 0.398. The van der Waals surface area contributed by atoms with E-state index in [4.69, 9.17) is 11.6 Å². The van der Waals surface area contributed by atoms with E-state index in [-0.39, 0.29) is 0 Å². The molecule has 1 amide bonds. The molecule has 0 spiro atoms. The van der Waals surface area contributed by atoms with Gasteiger partial charge in [0.1, 0.15) is 0 Å². The number of para-hydroxylation sites is 1. The molecule has 0 aliphatic carbocycles. The third-order valence-corrected chi connectivity index (χ3v) is 1.35. The molecule has 0 bridgehead atoms. The van der Waals surface area contributed by atoms with Crippen LogP contribution in [-0.4, -0.2) is 5.91 Å². The van der Waals surface area contributed by atoms with Gasteiger partial charge in [-0.15, -0.1) is 0 Å². The summed E-state index contributed by atoms with van der Waals surface area (Å²) in [6.45, 7) is 0. The van der Waals surface area contributed by atoms with Crippen molar-refractivity contribution in [3.05, 3.63) is 29.8 Å². The molecular formula is C7H9N3O. The van der Waals surface area contributed by atoms with E-state index in [1.54, 1.807) is 24.3 Å². The highest BCUT2D eigenvalue weighted by atomic mass is 16.1. The predicted octanol–water partition coefficient (Wildman–Crippen LogP) is 0.0711. The fraction of sp³-hybridized carbons (Fsp3) is 0. The lowest BCUT2D eigenvalue weighted by molar-refractivity contribution is 0.100. The van der Waals surface area contributed by atoms with E-state index in [2.05, 4.69) is 5.43 Å². The molecule has 5 N–H and O–H groups in total. The number of nitrogens with one attached hydrogen (secondary N) is 1. The summed E-state index contributed by atoms with van der Waals surface area (Å²) in [5, 5.41) is 0. The molecule has 4 heteroatoms. The summed E-state index contributed by atoms with van der Waals surface area (Å²) in [6.07, 6.45) is 0. The molecule has 0 saturated carbocycles. The topological polar surface area (TPSA) is 81.1 Å². The Hall–Kier alpha value is -1.55. The monoisotopic (exact) mass is 151 g/mol. The predicted molar refractivity (Wildman–Crippen MR) is 42.8 cm³/mol. The Morgan fingerprint density at radius 1 is 1.36 bits per heavy atom. The second-order valence-corrected chi connectivity index (χ2v) is 2.05. The Labute approximate surface area is 64.2 Å². The van der Waals surface area contributed by atoms with E-state index in [1.165, 1.54) is 0 Å². The largest absolute Gasteiger partial charge is 0.366 e. The number of carbonyl (C=O) groups excluding carboxylic acids is 1. The molecular weight excluding hydrogens is 142 g/mol. The van der Waals surface area contributed by atoms with Crippen LogP contribution in [0.5, 0.6) is 0 Å². The first-order valence-corrected chi connectivity index (χ1v) is 3.11. The number of nitrogens with two attached hydrogens (primary N) is 2. The van der Waals surface area contributed by atoms with Gasteiger partial charge in [-0.25, -0.2) is 0 Å². The SMILES string of the molecule is NNc1ccccc1C(N)=O. The lowest BCUT2D eigenvalue weighted by atomic mass is 10.2. The third kappa shape index (κ3) is 1.47. The molecule has 0 aliphatic heterocycles. The Morgan fingerprint density at radius 3 is 2.45 bits per heavy atom. The summed E-state index contributed by atoms with van der Waals surface area (Å²) in [5.74, 6) is 4.64. The lowest BCUT2D eigenvalue weighted by Gasteiger charge is -2.03. The van der Waals surface area contributed by atoms with E-state index in [9.17, 15) is 4.79 Å². The zero-order valence-electron chi connectivity index (χ0n) is 5.87. The van der Waals surface area contributed by atoms with Gasteiger partial charge >= 0.3 is 0 Å². The van der Waals surface area contributed by atoms with Crippen LogP contribution in [0.4, 0.5) is 5.69 Å². The van der Waals surface area contributed by atoms with Gasteiger partial charge in [0.25, 0.3) is 5.91 Å². The molecule has 0 unspecified atom stereocenters. The standard InChI is InChI=1S/C7H9N3O/c8-7(11)5-3-1-2-4-6(5)10-9/h1-4,10H,9H2,(H2,8,11). The molecule has 1 aromatic carbocycles. The quantitative estimate of drug-likeness (QED) is 0.413. The second-order valence-electron chi connectivity index (χ2n) is 2.05. The maximum absolute atomic E-state index is 10.7. The molecule has 0 aromatic heterocycles. The Bertz CT molecular complexity index is 272.